The number of aliphatic hydroxyl groups is 1. The molecule has 0 saturated carbocycles. The highest BCUT2D eigenvalue weighted by molar-refractivity contribution is 6.37. The Morgan fingerprint density at radius 2 is 1.17 bits per heavy atom. The molecule has 4 aromatic carbocycles. The molecule has 1 aliphatic rings. The van der Waals surface area contributed by atoms with Crippen LogP contribution < -0.4 is 0 Å². The predicted molar refractivity (Wildman–Crippen MR) is 149 cm³/mol. The van der Waals surface area contributed by atoms with Crippen molar-refractivity contribution in [2.24, 2.45) is 0 Å². The fourth-order valence-corrected chi connectivity index (χ4v) is 7.65. The molecule has 5 rings (SSSR count). The molecular weight excluding hydrogens is 442 g/mol. The molecule has 0 amide bonds. The molecule has 3 atom stereocenters. The van der Waals surface area contributed by atoms with Crippen LogP contribution in [0.4, 0.5) is 0 Å². The zero-order chi connectivity index (χ0) is 24.1. The van der Waals surface area contributed by atoms with Crippen LogP contribution in [0.25, 0.3) is 0 Å². The molecule has 35 heavy (non-hydrogen) atoms. The summed E-state index contributed by atoms with van der Waals surface area (Å²) in [7, 11) is -0.460. The minimum Gasteiger partial charge on any atom is -0.392 e. The highest BCUT2D eigenvalue weighted by Gasteiger charge is 2.50. The number of aliphatic hydroxyl groups excluding tert-OH is 1. The molecule has 1 aliphatic heterocycles. The van der Waals surface area contributed by atoms with E-state index in [1.54, 1.807) is 0 Å². The maximum absolute atomic E-state index is 11.5. The maximum Gasteiger partial charge on any atom is 0.0976 e. The Morgan fingerprint density at radius 3 is 1.57 bits per heavy atom. The van der Waals surface area contributed by atoms with Gasteiger partial charge in [0.2, 0.25) is 0 Å². The van der Waals surface area contributed by atoms with E-state index in [0.29, 0.717) is 5.54 Å². The molecule has 0 aromatic heterocycles. The van der Waals surface area contributed by atoms with E-state index in [2.05, 4.69) is 133 Å². The second-order valence-electron chi connectivity index (χ2n) is 9.81. The van der Waals surface area contributed by atoms with Crippen LogP contribution in [-0.2, 0) is 5.54 Å². The van der Waals surface area contributed by atoms with Crippen LogP contribution in [0.2, 0.25) is 6.04 Å². The van der Waals surface area contributed by atoms with Crippen LogP contribution in [0.15, 0.2) is 121 Å². The summed E-state index contributed by atoms with van der Waals surface area (Å²) in [6, 6.07) is 44.4. The van der Waals surface area contributed by atoms with Crippen LogP contribution in [0.1, 0.15) is 41.1 Å². The van der Waals surface area contributed by atoms with Crippen molar-refractivity contribution in [3.8, 4) is 0 Å². The van der Waals surface area contributed by atoms with Crippen molar-refractivity contribution in [2.45, 2.75) is 42.6 Å². The number of hydrogen-bond donors (Lipinski definition) is 1. The summed E-state index contributed by atoms with van der Waals surface area (Å²) in [4.78, 5) is 2.57. The Kier molecular flexibility index (Phi) is 7.28. The van der Waals surface area contributed by atoms with Crippen LogP contribution >= 0.6 is 0 Å². The van der Waals surface area contributed by atoms with E-state index in [1.165, 1.54) is 22.3 Å². The number of rotatable bonds is 9. The van der Waals surface area contributed by atoms with Gasteiger partial charge in [-0.15, -0.1) is 0 Å². The normalized spacial score (nSPS) is 18.3. The van der Waals surface area contributed by atoms with E-state index in [9.17, 15) is 5.11 Å². The van der Waals surface area contributed by atoms with E-state index >= 15 is 0 Å². The van der Waals surface area contributed by atoms with Gasteiger partial charge in [-0.05, 0) is 40.3 Å². The molecule has 0 radical (unpaired) electrons. The first-order valence-corrected chi connectivity index (χ1v) is 14.7. The van der Waals surface area contributed by atoms with Gasteiger partial charge in [0.05, 0.1) is 11.6 Å². The molecule has 3 heteroatoms. The number of likely N-dealkylation sites (tertiary alicyclic amines) is 1. The van der Waals surface area contributed by atoms with E-state index in [4.69, 9.17) is 0 Å². The summed E-state index contributed by atoms with van der Waals surface area (Å²) < 4.78 is 0. The summed E-state index contributed by atoms with van der Waals surface area (Å²) in [6.07, 6.45) is 0.723. The summed E-state index contributed by atoms with van der Waals surface area (Å²) in [5.41, 5.74) is 5.31. The topological polar surface area (TPSA) is 23.5 Å². The quantitative estimate of drug-likeness (QED) is 0.245. The average molecular weight is 478 g/mol. The van der Waals surface area contributed by atoms with Gasteiger partial charge in [0.1, 0.15) is 0 Å². The van der Waals surface area contributed by atoms with Crippen LogP contribution in [0.5, 0.6) is 0 Å². The molecule has 1 fully saturated rings. The van der Waals surface area contributed by atoms with Gasteiger partial charge in [-0.2, -0.15) is 0 Å². The van der Waals surface area contributed by atoms with Crippen molar-refractivity contribution in [3.63, 3.8) is 0 Å². The Balaban J connectivity index is 1.50. The molecule has 1 N–H and O–H groups in total. The van der Waals surface area contributed by atoms with Crippen molar-refractivity contribution < 1.29 is 5.11 Å². The molecule has 0 aliphatic carbocycles. The lowest BCUT2D eigenvalue weighted by atomic mass is 9.72. The maximum atomic E-state index is 11.5. The lowest BCUT2D eigenvalue weighted by Crippen LogP contribution is -2.64. The zero-order valence-electron chi connectivity index (χ0n) is 20.5. The van der Waals surface area contributed by atoms with E-state index in [0.717, 1.165) is 19.0 Å². The van der Waals surface area contributed by atoms with Gasteiger partial charge in [-0.3, -0.25) is 4.90 Å². The minimum absolute atomic E-state index is 0.145. The molecule has 1 saturated heterocycles. The summed E-state index contributed by atoms with van der Waals surface area (Å²) in [5.74, 6) is 0. The third-order valence-corrected chi connectivity index (χ3v) is 10.0. The Morgan fingerprint density at radius 1 is 0.743 bits per heavy atom. The van der Waals surface area contributed by atoms with Gasteiger partial charge in [-0.25, -0.2) is 0 Å². The second-order valence-corrected chi connectivity index (χ2v) is 12.2. The summed E-state index contributed by atoms with van der Waals surface area (Å²) in [6.45, 7) is 3.30. The fourth-order valence-electron chi connectivity index (χ4n) is 5.82. The average Bonchev–Trinajstić information content (AvgIpc) is 2.91. The minimum atomic E-state index is -0.460. The van der Waals surface area contributed by atoms with Crippen LogP contribution in [0.3, 0.4) is 0 Å². The largest absolute Gasteiger partial charge is 0.392 e. The lowest BCUT2D eigenvalue weighted by molar-refractivity contribution is -0.0521. The van der Waals surface area contributed by atoms with Crippen molar-refractivity contribution in [2.75, 3.05) is 6.54 Å². The molecule has 2 unspecified atom stereocenters. The Bertz CT molecular complexity index is 1090. The standard InChI is InChI=1S/C32H35NOSi/c1-25(26-14-6-2-7-15-26)35-24-31(34)30-22-23-33(30)32(27-16-8-3-9-17-27,28-18-10-4-11-19-28)29-20-12-5-13-21-29/h2-21,25,30-31,34H,22-24,35H2,1H3/t25?,30?,31-/m1/s1. The Labute approximate surface area is 212 Å². The van der Waals surface area contributed by atoms with Gasteiger partial charge in [0.25, 0.3) is 0 Å². The highest BCUT2D eigenvalue weighted by Crippen LogP contribution is 2.47. The number of benzene rings is 4. The lowest BCUT2D eigenvalue weighted by Gasteiger charge is -2.56. The highest BCUT2D eigenvalue weighted by atomic mass is 28.2. The van der Waals surface area contributed by atoms with Gasteiger partial charge in [0, 0.05) is 22.1 Å². The monoisotopic (exact) mass is 477 g/mol. The van der Waals surface area contributed by atoms with Gasteiger partial charge >= 0.3 is 0 Å². The van der Waals surface area contributed by atoms with Gasteiger partial charge in [-0.1, -0.05) is 128 Å². The predicted octanol–water partition coefficient (Wildman–Crippen LogP) is 5.76. The summed E-state index contributed by atoms with van der Waals surface area (Å²) >= 11 is 0. The first-order valence-electron chi connectivity index (χ1n) is 12.9. The smallest absolute Gasteiger partial charge is 0.0976 e. The van der Waals surface area contributed by atoms with E-state index in [-0.39, 0.29) is 12.1 Å². The molecule has 0 bridgehead atoms. The summed E-state index contributed by atoms with van der Waals surface area (Å²) in [5, 5.41) is 11.5. The second kappa shape index (κ2) is 10.7. The third kappa shape index (κ3) is 4.64. The van der Waals surface area contributed by atoms with Gasteiger partial charge in [0.15, 0.2) is 0 Å². The first kappa shape index (κ1) is 23.7. The van der Waals surface area contributed by atoms with Crippen molar-refractivity contribution in [1.29, 1.82) is 0 Å². The van der Waals surface area contributed by atoms with Crippen molar-refractivity contribution in [1.82, 2.24) is 4.90 Å². The van der Waals surface area contributed by atoms with E-state index < -0.39 is 15.1 Å². The van der Waals surface area contributed by atoms with Crippen molar-refractivity contribution in [3.05, 3.63) is 144 Å². The van der Waals surface area contributed by atoms with Crippen molar-refractivity contribution >= 4 is 9.52 Å². The van der Waals surface area contributed by atoms with Crippen LogP contribution in [0, 0.1) is 0 Å². The fraction of sp³-hybridized carbons (Fsp3) is 0.250. The Hall–Kier alpha value is -2.98. The van der Waals surface area contributed by atoms with Gasteiger partial charge < -0.3 is 5.11 Å². The molecule has 4 aromatic rings. The number of hydrogen-bond acceptors (Lipinski definition) is 2. The zero-order valence-corrected chi connectivity index (χ0v) is 21.9. The number of nitrogens with zero attached hydrogens (tertiary/aromatic N) is 1. The molecule has 1 heterocycles. The van der Waals surface area contributed by atoms with E-state index in [1.807, 2.05) is 0 Å². The molecule has 0 spiro atoms. The molecule has 178 valence electrons. The third-order valence-electron chi connectivity index (χ3n) is 7.78. The molecule has 2 nitrogen and oxygen atoms in total. The first-order chi connectivity index (χ1) is 17.2. The molecular formula is C32H35NOSi. The SMILES string of the molecule is CC([SiH2]C[C@@H](O)C1CCN1C(c1ccccc1)(c1ccccc1)c1ccccc1)c1ccccc1. The van der Waals surface area contributed by atoms with Crippen LogP contribution in [-0.4, -0.2) is 38.2 Å².